The molecule has 0 amide bonds. The van der Waals surface area contributed by atoms with Crippen LogP contribution in [0.25, 0.3) is 10.4 Å². The predicted octanol–water partition coefficient (Wildman–Crippen LogP) is 1.69. The molecule has 0 aliphatic rings. The van der Waals surface area contributed by atoms with E-state index < -0.39 is 0 Å². The molecule has 2 heterocycles. The quantitative estimate of drug-likeness (QED) is 0.534. The van der Waals surface area contributed by atoms with Crippen molar-refractivity contribution in [3.63, 3.8) is 0 Å². The van der Waals surface area contributed by atoms with E-state index in [4.69, 9.17) is 4.42 Å². The van der Waals surface area contributed by atoms with Crippen molar-refractivity contribution < 1.29 is 4.42 Å². The van der Waals surface area contributed by atoms with Crippen LogP contribution in [0.1, 0.15) is 0 Å². The van der Waals surface area contributed by atoms with Gasteiger partial charge in [0.05, 0.1) is 11.0 Å². The van der Waals surface area contributed by atoms with Crippen molar-refractivity contribution in [3.8, 4) is 0 Å². The van der Waals surface area contributed by atoms with Crippen molar-refractivity contribution in [3.05, 3.63) is 17.8 Å². The third-order valence-corrected chi connectivity index (χ3v) is 1.63. The summed E-state index contributed by atoms with van der Waals surface area (Å²) in [6.45, 7) is 0. The Hall–Kier alpha value is -0.830. The SMILES string of the molecule is [c]1nc2occc2s1. The van der Waals surface area contributed by atoms with Crippen molar-refractivity contribution in [2.75, 3.05) is 0 Å². The molecule has 0 unspecified atom stereocenters. The Kier molecular flexibility index (Phi) is 0.676. The topological polar surface area (TPSA) is 26.0 Å². The molecule has 0 spiro atoms. The van der Waals surface area contributed by atoms with E-state index >= 15 is 0 Å². The standard InChI is InChI=1S/C5H2NOS/c1-2-7-5-4(1)8-3-6-5/h1-2H. The van der Waals surface area contributed by atoms with E-state index in [1.54, 1.807) is 6.26 Å². The summed E-state index contributed by atoms with van der Waals surface area (Å²) in [7, 11) is 0. The van der Waals surface area contributed by atoms with E-state index in [9.17, 15) is 0 Å². The summed E-state index contributed by atoms with van der Waals surface area (Å²) in [5, 5.41) is 0. The van der Waals surface area contributed by atoms with Crippen LogP contribution in [-0.4, -0.2) is 4.98 Å². The number of furan rings is 1. The van der Waals surface area contributed by atoms with E-state index in [1.807, 2.05) is 6.07 Å². The molecule has 0 N–H and O–H groups in total. The van der Waals surface area contributed by atoms with Gasteiger partial charge in [-0.1, -0.05) is 0 Å². The monoisotopic (exact) mass is 124 g/mol. The van der Waals surface area contributed by atoms with E-state index in [0.29, 0.717) is 5.71 Å². The van der Waals surface area contributed by atoms with Crippen molar-refractivity contribution in [1.29, 1.82) is 0 Å². The van der Waals surface area contributed by atoms with Crippen LogP contribution in [0.15, 0.2) is 16.7 Å². The summed E-state index contributed by atoms with van der Waals surface area (Å²) < 4.78 is 5.99. The van der Waals surface area contributed by atoms with Gasteiger partial charge in [-0.25, -0.2) is 0 Å². The van der Waals surface area contributed by atoms with E-state index in [2.05, 4.69) is 10.5 Å². The first-order valence-corrected chi connectivity index (χ1v) is 2.98. The second kappa shape index (κ2) is 1.32. The van der Waals surface area contributed by atoms with E-state index in [-0.39, 0.29) is 0 Å². The van der Waals surface area contributed by atoms with Gasteiger partial charge in [-0.3, -0.25) is 0 Å². The van der Waals surface area contributed by atoms with Crippen molar-refractivity contribution >= 4 is 21.8 Å². The molecule has 0 aliphatic carbocycles. The average molecular weight is 124 g/mol. The zero-order valence-corrected chi connectivity index (χ0v) is 4.73. The lowest BCUT2D eigenvalue weighted by atomic mass is 10.6. The average Bonchev–Trinajstić information content (AvgIpc) is 2.15. The van der Waals surface area contributed by atoms with Gasteiger partial charge in [0.25, 0.3) is 0 Å². The third-order valence-electron chi connectivity index (χ3n) is 0.913. The summed E-state index contributed by atoms with van der Waals surface area (Å²) in [5.41, 5.74) is 3.41. The Morgan fingerprint density at radius 1 is 1.75 bits per heavy atom. The lowest BCUT2D eigenvalue weighted by molar-refractivity contribution is 0.604. The van der Waals surface area contributed by atoms with Crippen LogP contribution in [0, 0.1) is 5.51 Å². The molecule has 2 rings (SSSR count). The van der Waals surface area contributed by atoms with Gasteiger partial charge < -0.3 is 4.42 Å². The summed E-state index contributed by atoms with van der Waals surface area (Å²) in [6.07, 6.45) is 1.63. The maximum absolute atomic E-state index is 4.93. The normalized spacial score (nSPS) is 10.5. The number of thiazole rings is 1. The van der Waals surface area contributed by atoms with Gasteiger partial charge in [-0.2, -0.15) is 4.98 Å². The van der Waals surface area contributed by atoms with Gasteiger partial charge in [0.1, 0.15) is 0 Å². The Labute approximate surface area is 49.8 Å². The molecule has 2 aromatic heterocycles. The largest absolute Gasteiger partial charge is 0.445 e. The smallest absolute Gasteiger partial charge is 0.237 e. The first-order chi connectivity index (χ1) is 3.97. The fraction of sp³-hybridized carbons (Fsp3) is 0. The highest BCUT2D eigenvalue weighted by molar-refractivity contribution is 7.16. The third kappa shape index (κ3) is 0.391. The minimum Gasteiger partial charge on any atom is -0.445 e. The second-order valence-corrected chi connectivity index (χ2v) is 2.22. The van der Waals surface area contributed by atoms with Gasteiger partial charge >= 0.3 is 0 Å². The molecule has 2 aromatic rings. The molecule has 8 heavy (non-hydrogen) atoms. The van der Waals surface area contributed by atoms with Gasteiger partial charge in [0, 0.05) is 0 Å². The fourth-order valence-electron chi connectivity index (χ4n) is 0.562. The molecule has 0 atom stereocenters. The maximum atomic E-state index is 4.93. The molecule has 1 radical (unpaired) electrons. The molecular formula is C5H2NOS. The maximum Gasteiger partial charge on any atom is 0.237 e. The van der Waals surface area contributed by atoms with E-state index in [1.165, 1.54) is 11.3 Å². The first-order valence-electron chi connectivity index (χ1n) is 2.17. The van der Waals surface area contributed by atoms with Crippen LogP contribution in [0.2, 0.25) is 0 Å². The molecule has 0 aliphatic heterocycles. The lowest BCUT2D eigenvalue weighted by Gasteiger charge is -1.63. The summed E-state index contributed by atoms with van der Waals surface area (Å²) in [4.78, 5) is 3.81. The molecule has 2 nitrogen and oxygen atoms in total. The second-order valence-electron chi connectivity index (χ2n) is 1.40. The number of fused-ring (bicyclic) bond motifs is 1. The van der Waals surface area contributed by atoms with E-state index in [0.717, 1.165) is 4.70 Å². The highest BCUT2D eigenvalue weighted by atomic mass is 32.1. The molecule has 3 heteroatoms. The molecular weight excluding hydrogens is 122 g/mol. The Morgan fingerprint density at radius 3 is 3.62 bits per heavy atom. The Balaban J connectivity index is 3.06. The number of rotatable bonds is 0. The van der Waals surface area contributed by atoms with Crippen molar-refractivity contribution in [1.82, 2.24) is 4.98 Å². The predicted molar refractivity (Wildman–Crippen MR) is 30.7 cm³/mol. The molecule has 39 valence electrons. The summed E-state index contributed by atoms with van der Waals surface area (Å²) >= 11 is 1.46. The number of hydrogen-bond donors (Lipinski definition) is 0. The van der Waals surface area contributed by atoms with Crippen LogP contribution in [0.4, 0.5) is 0 Å². The molecule has 0 bridgehead atoms. The zero-order chi connectivity index (χ0) is 5.40. The van der Waals surface area contributed by atoms with Gasteiger partial charge in [0.2, 0.25) is 5.71 Å². The van der Waals surface area contributed by atoms with Crippen LogP contribution in [0.5, 0.6) is 0 Å². The highest BCUT2D eigenvalue weighted by Gasteiger charge is 1.95. The highest BCUT2D eigenvalue weighted by Crippen LogP contribution is 2.16. The minimum atomic E-state index is 0.690. The zero-order valence-electron chi connectivity index (χ0n) is 3.92. The van der Waals surface area contributed by atoms with Crippen LogP contribution in [0.3, 0.4) is 0 Å². The first kappa shape index (κ1) is 4.09. The lowest BCUT2D eigenvalue weighted by Crippen LogP contribution is -1.50. The molecule has 0 saturated carbocycles. The number of aromatic nitrogens is 1. The Morgan fingerprint density at radius 2 is 2.75 bits per heavy atom. The van der Waals surface area contributed by atoms with Gasteiger partial charge in [0.15, 0.2) is 5.51 Å². The molecule has 0 fully saturated rings. The number of hydrogen-bond acceptors (Lipinski definition) is 3. The molecule has 0 saturated heterocycles. The van der Waals surface area contributed by atoms with Gasteiger partial charge in [-0.05, 0) is 6.07 Å². The van der Waals surface area contributed by atoms with Crippen LogP contribution in [-0.2, 0) is 0 Å². The van der Waals surface area contributed by atoms with Crippen LogP contribution >= 0.6 is 11.3 Å². The summed E-state index contributed by atoms with van der Waals surface area (Å²) in [5.74, 6) is 0. The number of nitrogens with zero attached hydrogens (tertiary/aromatic N) is 1. The van der Waals surface area contributed by atoms with Gasteiger partial charge in [-0.15, -0.1) is 11.3 Å². The fourth-order valence-corrected chi connectivity index (χ4v) is 1.09. The Bertz CT molecular complexity index is 234. The summed E-state index contributed by atoms with van der Waals surface area (Å²) in [6, 6.07) is 1.88. The van der Waals surface area contributed by atoms with Crippen molar-refractivity contribution in [2.45, 2.75) is 0 Å². The molecule has 0 aromatic carbocycles. The van der Waals surface area contributed by atoms with Crippen molar-refractivity contribution in [2.24, 2.45) is 0 Å². The van der Waals surface area contributed by atoms with Crippen LogP contribution < -0.4 is 0 Å². The minimum absolute atomic E-state index is 0.690.